The molecule has 3 aromatic rings. The number of thiophene rings is 1. The van der Waals surface area contributed by atoms with E-state index >= 15 is 0 Å². The summed E-state index contributed by atoms with van der Waals surface area (Å²) in [5.41, 5.74) is 9.83. The van der Waals surface area contributed by atoms with E-state index in [1.807, 2.05) is 48.5 Å². The van der Waals surface area contributed by atoms with Gasteiger partial charge in [-0.15, -0.1) is 11.3 Å². The van der Waals surface area contributed by atoms with Crippen molar-refractivity contribution in [1.29, 1.82) is 0 Å². The van der Waals surface area contributed by atoms with Crippen LogP contribution in [0.5, 0.6) is 0 Å². The average molecular weight is 337 g/mol. The van der Waals surface area contributed by atoms with Gasteiger partial charge in [0.05, 0.1) is 12.2 Å². The minimum Gasteiger partial charge on any atom is -0.462 e. The van der Waals surface area contributed by atoms with Gasteiger partial charge in [0.25, 0.3) is 0 Å². The van der Waals surface area contributed by atoms with Crippen molar-refractivity contribution >= 4 is 22.3 Å². The first kappa shape index (κ1) is 16.3. The van der Waals surface area contributed by atoms with Gasteiger partial charge in [-0.1, -0.05) is 60.7 Å². The second-order valence-corrected chi connectivity index (χ2v) is 6.45. The number of carbonyl (C=O) groups excluding carboxylic acids is 1. The molecule has 0 atom stereocenters. The number of ether oxygens (including phenoxy) is 1. The van der Waals surface area contributed by atoms with Gasteiger partial charge >= 0.3 is 5.97 Å². The topological polar surface area (TPSA) is 52.3 Å². The third kappa shape index (κ3) is 3.34. The summed E-state index contributed by atoms with van der Waals surface area (Å²) in [5, 5.41) is 0.512. The second kappa shape index (κ2) is 7.32. The number of hydrogen-bond acceptors (Lipinski definition) is 4. The highest BCUT2D eigenvalue weighted by molar-refractivity contribution is 7.19. The van der Waals surface area contributed by atoms with Gasteiger partial charge in [-0.2, -0.15) is 0 Å². The highest BCUT2D eigenvalue weighted by Gasteiger charge is 2.24. The van der Waals surface area contributed by atoms with E-state index in [0.29, 0.717) is 23.6 Å². The maximum atomic E-state index is 12.4. The van der Waals surface area contributed by atoms with Gasteiger partial charge < -0.3 is 10.5 Å². The van der Waals surface area contributed by atoms with Crippen LogP contribution in [0.2, 0.25) is 0 Å². The van der Waals surface area contributed by atoms with Crippen LogP contribution < -0.4 is 5.73 Å². The number of carbonyl (C=O) groups is 1. The van der Waals surface area contributed by atoms with Crippen molar-refractivity contribution in [2.24, 2.45) is 0 Å². The number of benzene rings is 2. The fraction of sp³-hybridized carbons (Fsp3) is 0.150. The summed E-state index contributed by atoms with van der Waals surface area (Å²) in [6.07, 6.45) is 0.646. The Hall–Kier alpha value is -2.59. The molecule has 0 saturated heterocycles. The minimum atomic E-state index is -0.348. The first-order valence-corrected chi connectivity index (χ1v) is 8.70. The molecule has 1 heterocycles. The van der Waals surface area contributed by atoms with Crippen LogP contribution >= 0.6 is 11.3 Å². The molecule has 3 nitrogen and oxygen atoms in total. The molecule has 4 heteroatoms. The Kier molecular flexibility index (Phi) is 4.96. The summed E-state index contributed by atoms with van der Waals surface area (Å²) in [6.45, 7) is 2.13. The Labute approximate surface area is 145 Å². The molecule has 0 saturated carbocycles. The molecule has 0 spiro atoms. The molecule has 0 fully saturated rings. The van der Waals surface area contributed by atoms with E-state index < -0.39 is 0 Å². The number of nitrogens with two attached hydrogens (primary N) is 1. The number of rotatable bonds is 5. The van der Waals surface area contributed by atoms with Gasteiger partial charge in [0.15, 0.2) is 0 Å². The first-order chi connectivity index (χ1) is 11.7. The molecule has 24 heavy (non-hydrogen) atoms. The molecule has 122 valence electrons. The summed E-state index contributed by atoms with van der Waals surface area (Å²) in [6, 6.07) is 20.1. The van der Waals surface area contributed by atoms with Crippen LogP contribution in [0.25, 0.3) is 10.4 Å². The van der Waals surface area contributed by atoms with E-state index in [2.05, 4.69) is 12.1 Å². The zero-order valence-corrected chi connectivity index (χ0v) is 14.3. The van der Waals surface area contributed by atoms with E-state index in [9.17, 15) is 4.79 Å². The lowest BCUT2D eigenvalue weighted by molar-refractivity contribution is 0.0527. The van der Waals surface area contributed by atoms with Crippen LogP contribution in [0.15, 0.2) is 60.7 Å². The Morgan fingerprint density at radius 3 is 2.29 bits per heavy atom. The van der Waals surface area contributed by atoms with Crippen LogP contribution in [0.4, 0.5) is 5.00 Å². The molecule has 0 amide bonds. The maximum absolute atomic E-state index is 12.4. The highest BCUT2D eigenvalue weighted by atomic mass is 32.1. The quantitative estimate of drug-likeness (QED) is 0.683. The lowest BCUT2D eigenvalue weighted by Gasteiger charge is -2.08. The maximum Gasteiger partial charge on any atom is 0.341 e. The van der Waals surface area contributed by atoms with Crippen LogP contribution in [0.1, 0.15) is 28.4 Å². The van der Waals surface area contributed by atoms with Gasteiger partial charge in [0, 0.05) is 4.88 Å². The molecule has 0 radical (unpaired) electrons. The zero-order valence-electron chi connectivity index (χ0n) is 13.5. The third-order valence-corrected chi connectivity index (χ3v) is 4.88. The Morgan fingerprint density at radius 1 is 1.04 bits per heavy atom. The third-order valence-electron chi connectivity index (χ3n) is 3.77. The SMILES string of the molecule is CCOC(=O)c1c(N)sc(-c2ccccc2)c1Cc1ccccc1. The van der Waals surface area contributed by atoms with Crippen LogP contribution in [-0.2, 0) is 11.2 Å². The van der Waals surface area contributed by atoms with E-state index in [4.69, 9.17) is 10.5 Å². The summed E-state index contributed by atoms with van der Waals surface area (Å²) in [5.74, 6) is -0.348. The molecule has 1 aromatic heterocycles. The average Bonchev–Trinajstić information content (AvgIpc) is 2.93. The molecular weight excluding hydrogens is 318 g/mol. The number of anilines is 1. The lowest BCUT2D eigenvalue weighted by atomic mass is 9.98. The number of esters is 1. The Morgan fingerprint density at radius 2 is 1.67 bits per heavy atom. The van der Waals surface area contributed by atoms with Crippen molar-refractivity contribution in [3.63, 3.8) is 0 Å². The standard InChI is InChI=1S/C20H19NO2S/c1-2-23-20(22)17-16(13-14-9-5-3-6-10-14)18(24-19(17)21)15-11-7-4-8-12-15/h3-12H,2,13,21H2,1H3. The first-order valence-electron chi connectivity index (χ1n) is 7.88. The lowest BCUT2D eigenvalue weighted by Crippen LogP contribution is -2.09. The van der Waals surface area contributed by atoms with Crippen molar-refractivity contribution in [1.82, 2.24) is 0 Å². The van der Waals surface area contributed by atoms with E-state index in [1.165, 1.54) is 11.3 Å². The minimum absolute atomic E-state index is 0.333. The molecule has 0 bridgehead atoms. The molecule has 0 aliphatic rings. The molecule has 2 aromatic carbocycles. The van der Waals surface area contributed by atoms with Crippen molar-refractivity contribution < 1.29 is 9.53 Å². The van der Waals surface area contributed by atoms with E-state index in [-0.39, 0.29) is 5.97 Å². The van der Waals surface area contributed by atoms with Gasteiger partial charge in [-0.25, -0.2) is 4.79 Å². The van der Waals surface area contributed by atoms with Crippen molar-refractivity contribution in [2.75, 3.05) is 12.3 Å². The van der Waals surface area contributed by atoms with E-state index in [1.54, 1.807) is 6.92 Å². The molecular formula is C20H19NO2S. The van der Waals surface area contributed by atoms with Crippen molar-refractivity contribution in [2.45, 2.75) is 13.3 Å². The van der Waals surface area contributed by atoms with E-state index in [0.717, 1.165) is 21.6 Å². The Balaban J connectivity index is 2.12. The molecule has 0 unspecified atom stereocenters. The second-order valence-electron chi connectivity index (χ2n) is 5.40. The zero-order chi connectivity index (χ0) is 16.9. The van der Waals surface area contributed by atoms with Crippen LogP contribution in [0, 0.1) is 0 Å². The van der Waals surface area contributed by atoms with Crippen LogP contribution in [0.3, 0.4) is 0 Å². The molecule has 3 rings (SSSR count). The monoisotopic (exact) mass is 337 g/mol. The van der Waals surface area contributed by atoms with Gasteiger partial charge in [-0.3, -0.25) is 0 Å². The summed E-state index contributed by atoms with van der Waals surface area (Å²) < 4.78 is 5.22. The fourth-order valence-electron chi connectivity index (χ4n) is 2.70. The normalized spacial score (nSPS) is 10.5. The largest absolute Gasteiger partial charge is 0.462 e. The predicted molar refractivity (Wildman–Crippen MR) is 99.4 cm³/mol. The van der Waals surface area contributed by atoms with Crippen molar-refractivity contribution in [3.05, 3.63) is 77.4 Å². The van der Waals surface area contributed by atoms with Gasteiger partial charge in [-0.05, 0) is 30.0 Å². The number of hydrogen-bond donors (Lipinski definition) is 1. The van der Waals surface area contributed by atoms with Gasteiger partial charge in [0.2, 0.25) is 0 Å². The van der Waals surface area contributed by atoms with Crippen molar-refractivity contribution in [3.8, 4) is 10.4 Å². The smallest absolute Gasteiger partial charge is 0.341 e. The Bertz CT molecular complexity index is 826. The summed E-state index contributed by atoms with van der Waals surface area (Å²) in [4.78, 5) is 13.5. The molecule has 0 aliphatic heterocycles. The summed E-state index contributed by atoms with van der Waals surface area (Å²) >= 11 is 1.44. The molecule has 0 aliphatic carbocycles. The highest BCUT2D eigenvalue weighted by Crippen LogP contribution is 2.40. The fourth-order valence-corrected chi connectivity index (χ4v) is 3.78. The van der Waals surface area contributed by atoms with Gasteiger partial charge in [0.1, 0.15) is 5.00 Å². The van der Waals surface area contributed by atoms with Crippen LogP contribution in [-0.4, -0.2) is 12.6 Å². The predicted octanol–water partition coefficient (Wildman–Crippen LogP) is 4.76. The molecule has 2 N–H and O–H groups in total. The number of nitrogen functional groups attached to an aromatic ring is 1. The summed E-state index contributed by atoms with van der Waals surface area (Å²) in [7, 11) is 0.